The minimum absolute atomic E-state index is 0.0155. The molecule has 0 bridgehead atoms. The second-order valence-electron chi connectivity index (χ2n) is 15.4. The van der Waals surface area contributed by atoms with Crippen LogP contribution in [0.1, 0.15) is 84.3 Å². The van der Waals surface area contributed by atoms with Crippen molar-refractivity contribution in [2.45, 2.75) is 97.6 Å². The molecule has 250 valence electrons. The number of carbonyl (C=O) groups is 3. The predicted octanol–water partition coefficient (Wildman–Crippen LogP) is 7.05. The average molecular weight is 643 g/mol. The highest BCUT2D eigenvalue weighted by molar-refractivity contribution is 5.87. The number of furan rings is 1. The first-order chi connectivity index (χ1) is 22.3. The second-order valence-corrected chi connectivity index (χ2v) is 15.4. The smallest absolute Gasteiger partial charge is 0.331 e. The van der Waals surface area contributed by atoms with E-state index in [-0.39, 0.29) is 35.1 Å². The van der Waals surface area contributed by atoms with Crippen LogP contribution in [0, 0.1) is 33.5 Å². The quantitative estimate of drug-likeness (QED) is 0.143. The SMILES string of the molecule is CC(=O)O[C@H]1C[C@@H](OC(C)=O)[C@@]2(C)[C@H]3[C@H](OC[C@@]13C)[C@@H](OC(=O)C=Cc1ccccc1)[C@]1(C)C3=CC[C@@H](c4ccoc4)[C@]3(C)CC[C@@H]12. The van der Waals surface area contributed by atoms with Gasteiger partial charge in [0.25, 0.3) is 0 Å². The molecule has 1 aromatic heterocycles. The van der Waals surface area contributed by atoms with E-state index < -0.39 is 46.6 Å². The van der Waals surface area contributed by atoms with Crippen LogP contribution in [0.2, 0.25) is 0 Å². The van der Waals surface area contributed by atoms with E-state index in [1.165, 1.54) is 31.1 Å². The van der Waals surface area contributed by atoms with Crippen LogP contribution in [0.4, 0.5) is 0 Å². The first-order valence-corrected chi connectivity index (χ1v) is 17.0. The molecule has 1 aromatic carbocycles. The first-order valence-electron chi connectivity index (χ1n) is 17.0. The summed E-state index contributed by atoms with van der Waals surface area (Å²) < 4.78 is 31.2. The molecule has 7 rings (SSSR count). The number of ether oxygens (including phenoxy) is 4. The molecule has 2 aromatic rings. The molecule has 47 heavy (non-hydrogen) atoms. The summed E-state index contributed by atoms with van der Waals surface area (Å²) in [6, 6.07) is 11.7. The Balaban J connectivity index is 1.36. The molecule has 0 N–H and O–H groups in total. The molecular formula is C39H46O8. The van der Waals surface area contributed by atoms with Crippen molar-refractivity contribution in [2.24, 2.45) is 33.5 Å². The molecule has 8 heteroatoms. The van der Waals surface area contributed by atoms with Crippen LogP contribution >= 0.6 is 0 Å². The van der Waals surface area contributed by atoms with Gasteiger partial charge in [0.1, 0.15) is 18.3 Å². The van der Waals surface area contributed by atoms with Gasteiger partial charge < -0.3 is 23.4 Å². The first kappa shape index (κ1) is 31.9. The van der Waals surface area contributed by atoms with Crippen molar-refractivity contribution in [1.29, 1.82) is 0 Å². The Hall–Kier alpha value is -3.65. The zero-order valence-corrected chi connectivity index (χ0v) is 28.2. The van der Waals surface area contributed by atoms with Crippen LogP contribution in [-0.4, -0.2) is 48.9 Å². The predicted molar refractivity (Wildman–Crippen MR) is 174 cm³/mol. The Morgan fingerprint density at radius 3 is 2.34 bits per heavy atom. The molecule has 8 nitrogen and oxygen atoms in total. The highest BCUT2D eigenvalue weighted by atomic mass is 16.6. The fraction of sp³-hybridized carbons (Fsp3) is 0.564. The van der Waals surface area contributed by atoms with Crippen LogP contribution in [-0.2, 0) is 33.3 Å². The molecule has 1 saturated heterocycles. The van der Waals surface area contributed by atoms with E-state index in [2.05, 4.69) is 39.8 Å². The van der Waals surface area contributed by atoms with Crippen molar-refractivity contribution in [3.05, 3.63) is 77.8 Å². The topological polar surface area (TPSA) is 101 Å². The molecule has 5 aliphatic rings. The fourth-order valence-corrected chi connectivity index (χ4v) is 11.3. The number of rotatable bonds is 6. The maximum absolute atomic E-state index is 13.8. The van der Waals surface area contributed by atoms with Crippen molar-refractivity contribution in [1.82, 2.24) is 0 Å². The average Bonchev–Trinajstić information content (AvgIpc) is 3.75. The third-order valence-electron chi connectivity index (χ3n) is 13.0. The highest BCUT2D eigenvalue weighted by Gasteiger charge is 2.78. The van der Waals surface area contributed by atoms with Gasteiger partial charge in [-0.15, -0.1) is 0 Å². The minimum atomic E-state index is -0.629. The fourth-order valence-electron chi connectivity index (χ4n) is 11.3. The van der Waals surface area contributed by atoms with E-state index in [4.69, 9.17) is 23.4 Å². The van der Waals surface area contributed by atoms with Gasteiger partial charge in [-0.1, -0.05) is 69.7 Å². The summed E-state index contributed by atoms with van der Waals surface area (Å²) in [5, 5.41) is 0. The number of carbonyl (C=O) groups excluding carboxylic acids is 3. The second kappa shape index (κ2) is 11.2. The van der Waals surface area contributed by atoms with Crippen molar-refractivity contribution in [3.8, 4) is 0 Å². The normalized spacial score (nSPS) is 41.7. The van der Waals surface area contributed by atoms with Gasteiger partial charge in [-0.3, -0.25) is 9.59 Å². The van der Waals surface area contributed by atoms with Gasteiger partial charge >= 0.3 is 17.9 Å². The van der Waals surface area contributed by atoms with E-state index in [1.807, 2.05) is 36.6 Å². The maximum Gasteiger partial charge on any atom is 0.331 e. The van der Waals surface area contributed by atoms with Crippen LogP contribution in [0.25, 0.3) is 6.08 Å². The molecule has 0 amide bonds. The summed E-state index contributed by atoms with van der Waals surface area (Å²) in [6.45, 7) is 12.2. The van der Waals surface area contributed by atoms with E-state index in [0.29, 0.717) is 13.0 Å². The molecule has 0 radical (unpaired) electrons. The van der Waals surface area contributed by atoms with Gasteiger partial charge in [0.05, 0.1) is 25.2 Å². The van der Waals surface area contributed by atoms with Crippen molar-refractivity contribution in [2.75, 3.05) is 6.61 Å². The molecule has 0 spiro atoms. The molecular weight excluding hydrogens is 596 g/mol. The van der Waals surface area contributed by atoms with E-state index in [9.17, 15) is 14.4 Å². The zero-order chi connectivity index (χ0) is 33.4. The van der Waals surface area contributed by atoms with Crippen LogP contribution in [0.3, 0.4) is 0 Å². The number of fused-ring (bicyclic) bond motifs is 4. The third-order valence-corrected chi connectivity index (χ3v) is 13.0. The van der Waals surface area contributed by atoms with Crippen LogP contribution in [0.5, 0.6) is 0 Å². The number of hydrogen-bond donors (Lipinski definition) is 0. The molecule has 0 unspecified atom stereocenters. The lowest BCUT2D eigenvalue weighted by molar-refractivity contribution is -0.265. The molecule has 4 aliphatic carbocycles. The summed E-state index contributed by atoms with van der Waals surface area (Å²) >= 11 is 0. The Labute approximate surface area is 276 Å². The Morgan fingerprint density at radius 2 is 1.66 bits per heavy atom. The van der Waals surface area contributed by atoms with E-state index in [0.717, 1.165) is 24.8 Å². The Morgan fingerprint density at radius 1 is 0.936 bits per heavy atom. The van der Waals surface area contributed by atoms with Crippen molar-refractivity contribution in [3.63, 3.8) is 0 Å². The van der Waals surface area contributed by atoms with Crippen molar-refractivity contribution < 1.29 is 37.7 Å². The number of hydrogen-bond acceptors (Lipinski definition) is 8. The van der Waals surface area contributed by atoms with Gasteiger partial charge in [0.2, 0.25) is 0 Å². The van der Waals surface area contributed by atoms with Crippen molar-refractivity contribution >= 4 is 24.0 Å². The van der Waals surface area contributed by atoms with Crippen LogP contribution < -0.4 is 0 Å². The maximum atomic E-state index is 13.8. The number of benzene rings is 1. The summed E-state index contributed by atoms with van der Waals surface area (Å²) in [7, 11) is 0. The highest BCUT2D eigenvalue weighted by Crippen LogP contribution is 2.76. The summed E-state index contributed by atoms with van der Waals surface area (Å²) in [5.74, 6) is -1.16. The molecule has 11 atom stereocenters. The molecule has 1 aliphatic heterocycles. The molecule has 2 heterocycles. The van der Waals surface area contributed by atoms with Gasteiger partial charge in [-0.2, -0.15) is 0 Å². The van der Waals surface area contributed by atoms with Crippen LogP contribution in [0.15, 0.2) is 71.1 Å². The molecule has 4 fully saturated rings. The van der Waals surface area contributed by atoms with E-state index in [1.54, 1.807) is 12.3 Å². The third kappa shape index (κ3) is 4.68. The number of esters is 3. The summed E-state index contributed by atoms with van der Waals surface area (Å²) in [4.78, 5) is 38.9. The van der Waals surface area contributed by atoms with E-state index >= 15 is 0 Å². The van der Waals surface area contributed by atoms with Gasteiger partial charge in [0, 0.05) is 48.5 Å². The standard InChI is InChI=1S/C39H46O8/c1-23(40)45-30-20-31(46-24(2)41)39(6)29-16-18-36(3)27(26-17-19-43-21-26)13-14-28(36)38(29,5)35(33-34(39)37(30,4)22-44-33)47-32(42)15-12-25-10-8-7-9-11-25/h7-12,14-15,17,19,21,27,29-31,33-35H,13,16,18,20,22H2,1-6H3/t27-,29-,30-,31+,33-,34-,35+,36-,37-,38+,39-/m0/s1. The van der Waals surface area contributed by atoms with Gasteiger partial charge in [-0.05, 0) is 59.8 Å². The Bertz CT molecular complexity index is 1610. The lowest BCUT2D eigenvalue weighted by atomic mass is 9.36. The summed E-state index contributed by atoms with van der Waals surface area (Å²) in [5.41, 5.74) is 1.40. The lowest BCUT2D eigenvalue weighted by Crippen LogP contribution is -2.73. The van der Waals surface area contributed by atoms with Gasteiger partial charge in [-0.25, -0.2) is 4.79 Å². The summed E-state index contributed by atoms with van der Waals surface area (Å²) in [6.07, 6.45) is 10.1. The Kier molecular flexibility index (Phi) is 7.62. The van der Waals surface area contributed by atoms with Gasteiger partial charge in [0.15, 0.2) is 0 Å². The largest absolute Gasteiger partial charge is 0.472 e. The molecule has 3 saturated carbocycles. The lowest BCUT2D eigenvalue weighted by Gasteiger charge is -2.69. The minimum Gasteiger partial charge on any atom is -0.472 e. The number of allylic oxidation sites excluding steroid dienone is 1. The zero-order valence-electron chi connectivity index (χ0n) is 28.2. The monoisotopic (exact) mass is 642 g/mol.